The SMILES string of the molecule is Cc1nn(C)c2ncc(NC(=O)CCOCC(F)(F)F)cc12. The predicted octanol–water partition coefficient (Wildman–Crippen LogP) is 2.18. The van der Waals surface area contributed by atoms with Crippen molar-refractivity contribution in [1.29, 1.82) is 0 Å². The first kappa shape index (κ1) is 16.2. The summed E-state index contributed by atoms with van der Waals surface area (Å²) in [6.07, 6.45) is -3.08. The average Bonchev–Trinajstić information content (AvgIpc) is 2.69. The summed E-state index contributed by atoms with van der Waals surface area (Å²) in [4.78, 5) is 15.8. The molecule has 0 saturated carbocycles. The number of aromatic nitrogens is 3. The number of alkyl halides is 3. The van der Waals surface area contributed by atoms with Crippen molar-refractivity contribution in [2.24, 2.45) is 7.05 Å². The first-order chi connectivity index (χ1) is 10.3. The number of rotatable bonds is 5. The molecule has 0 fully saturated rings. The van der Waals surface area contributed by atoms with Crippen LogP contribution in [-0.4, -0.2) is 40.1 Å². The van der Waals surface area contributed by atoms with Crippen LogP contribution in [-0.2, 0) is 16.6 Å². The maximum atomic E-state index is 11.9. The van der Waals surface area contributed by atoms with Gasteiger partial charge in [-0.1, -0.05) is 0 Å². The first-order valence-electron chi connectivity index (χ1n) is 6.50. The molecule has 22 heavy (non-hydrogen) atoms. The fraction of sp³-hybridized carbons (Fsp3) is 0.462. The smallest absolute Gasteiger partial charge is 0.372 e. The lowest BCUT2D eigenvalue weighted by Gasteiger charge is -2.08. The Morgan fingerprint density at radius 2 is 2.18 bits per heavy atom. The van der Waals surface area contributed by atoms with Crippen LogP contribution in [0.4, 0.5) is 18.9 Å². The van der Waals surface area contributed by atoms with E-state index in [2.05, 4.69) is 20.1 Å². The molecule has 2 aromatic heterocycles. The number of amides is 1. The van der Waals surface area contributed by atoms with Gasteiger partial charge in [0.1, 0.15) is 6.61 Å². The third-order valence-electron chi connectivity index (χ3n) is 2.89. The maximum absolute atomic E-state index is 11.9. The molecule has 2 aromatic rings. The normalized spacial score (nSPS) is 11.9. The Bertz CT molecular complexity index is 682. The van der Waals surface area contributed by atoms with Crippen molar-refractivity contribution in [3.8, 4) is 0 Å². The Hall–Kier alpha value is -2.16. The maximum Gasteiger partial charge on any atom is 0.411 e. The number of pyridine rings is 1. The minimum atomic E-state index is -4.39. The van der Waals surface area contributed by atoms with Crippen molar-refractivity contribution < 1.29 is 22.7 Å². The molecule has 0 aliphatic rings. The third-order valence-corrected chi connectivity index (χ3v) is 2.89. The fourth-order valence-electron chi connectivity index (χ4n) is 1.95. The average molecular weight is 316 g/mol. The lowest BCUT2D eigenvalue weighted by atomic mass is 10.2. The van der Waals surface area contributed by atoms with Gasteiger partial charge in [0.2, 0.25) is 5.91 Å². The van der Waals surface area contributed by atoms with Crippen molar-refractivity contribution in [3.05, 3.63) is 18.0 Å². The van der Waals surface area contributed by atoms with E-state index < -0.39 is 18.7 Å². The second-order valence-corrected chi connectivity index (χ2v) is 4.77. The van der Waals surface area contributed by atoms with Crippen LogP contribution >= 0.6 is 0 Å². The van der Waals surface area contributed by atoms with Gasteiger partial charge in [-0.25, -0.2) is 4.98 Å². The standard InChI is InChI=1S/C13H15F3N4O2/c1-8-10-5-9(6-17-12(10)20(2)19-8)18-11(21)3-4-22-7-13(14,15)16/h5-6H,3-4,7H2,1-2H3,(H,18,21). The van der Waals surface area contributed by atoms with Crippen LogP contribution in [0.25, 0.3) is 11.0 Å². The highest BCUT2D eigenvalue weighted by atomic mass is 19.4. The van der Waals surface area contributed by atoms with E-state index in [-0.39, 0.29) is 13.0 Å². The molecule has 0 aliphatic heterocycles. The first-order valence-corrected chi connectivity index (χ1v) is 6.50. The molecule has 1 amide bonds. The van der Waals surface area contributed by atoms with Crippen molar-refractivity contribution in [2.45, 2.75) is 19.5 Å². The van der Waals surface area contributed by atoms with Crippen LogP contribution in [0.5, 0.6) is 0 Å². The van der Waals surface area contributed by atoms with Crippen LogP contribution in [0, 0.1) is 6.92 Å². The molecule has 0 spiro atoms. The van der Waals surface area contributed by atoms with Gasteiger partial charge in [0, 0.05) is 12.4 Å². The zero-order valence-electron chi connectivity index (χ0n) is 12.1. The molecule has 120 valence electrons. The van der Waals surface area contributed by atoms with Gasteiger partial charge in [0.05, 0.1) is 30.6 Å². The van der Waals surface area contributed by atoms with E-state index in [0.717, 1.165) is 11.1 Å². The summed E-state index contributed by atoms with van der Waals surface area (Å²) in [7, 11) is 1.76. The van der Waals surface area contributed by atoms with Gasteiger partial charge in [0.15, 0.2) is 5.65 Å². The van der Waals surface area contributed by atoms with Crippen molar-refractivity contribution >= 4 is 22.6 Å². The topological polar surface area (TPSA) is 69.0 Å². The molecule has 2 rings (SSSR count). The summed E-state index contributed by atoms with van der Waals surface area (Å²) >= 11 is 0. The van der Waals surface area contributed by atoms with Gasteiger partial charge in [-0.2, -0.15) is 18.3 Å². The number of hydrogen-bond donors (Lipinski definition) is 1. The monoisotopic (exact) mass is 316 g/mol. The van der Waals surface area contributed by atoms with Crippen LogP contribution in [0.3, 0.4) is 0 Å². The van der Waals surface area contributed by atoms with E-state index in [9.17, 15) is 18.0 Å². The molecular weight excluding hydrogens is 301 g/mol. The number of ether oxygens (including phenoxy) is 1. The highest BCUT2D eigenvalue weighted by Gasteiger charge is 2.27. The lowest BCUT2D eigenvalue weighted by Crippen LogP contribution is -2.20. The second kappa shape index (κ2) is 6.30. The lowest BCUT2D eigenvalue weighted by molar-refractivity contribution is -0.174. The number of anilines is 1. The summed E-state index contributed by atoms with van der Waals surface area (Å²) < 4.78 is 41.6. The van der Waals surface area contributed by atoms with E-state index in [4.69, 9.17) is 0 Å². The molecule has 2 heterocycles. The van der Waals surface area contributed by atoms with Gasteiger partial charge < -0.3 is 10.1 Å². The van der Waals surface area contributed by atoms with Crippen molar-refractivity contribution in [3.63, 3.8) is 0 Å². The quantitative estimate of drug-likeness (QED) is 0.859. The molecule has 0 aliphatic carbocycles. The number of carbonyl (C=O) groups excluding carboxylic acids is 1. The molecule has 6 nitrogen and oxygen atoms in total. The minimum Gasteiger partial charge on any atom is -0.372 e. The molecule has 0 aromatic carbocycles. The molecule has 0 atom stereocenters. The number of fused-ring (bicyclic) bond motifs is 1. The van der Waals surface area contributed by atoms with Crippen LogP contribution in [0.2, 0.25) is 0 Å². The Balaban J connectivity index is 1.90. The number of nitrogens with zero attached hydrogens (tertiary/aromatic N) is 3. The largest absolute Gasteiger partial charge is 0.411 e. The van der Waals surface area contributed by atoms with E-state index >= 15 is 0 Å². The number of aryl methyl sites for hydroxylation is 2. The van der Waals surface area contributed by atoms with Gasteiger partial charge in [0.25, 0.3) is 0 Å². The van der Waals surface area contributed by atoms with Crippen LogP contribution in [0.1, 0.15) is 12.1 Å². The Labute approximate surface area is 124 Å². The third kappa shape index (κ3) is 4.17. The van der Waals surface area contributed by atoms with Gasteiger partial charge in [-0.05, 0) is 13.0 Å². The summed E-state index contributed by atoms with van der Waals surface area (Å²) in [6, 6.07) is 1.72. The number of carbonyl (C=O) groups is 1. The highest BCUT2D eigenvalue weighted by Crippen LogP contribution is 2.19. The summed E-state index contributed by atoms with van der Waals surface area (Å²) in [5, 5.41) is 7.58. The molecular formula is C13H15F3N4O2. The van der Waals surface area contributed by atoms with E-state index in [1.807, 2.05) is 6.92 Å². The van der Waals surface area contributed by atoms with Crippen LogP contribution < -0.4 is 5.32 Å². The minimum absolute atomic E-state index is 0.167. The van der Waals surface area contributed by atoms with E-state index in [0.29, 0.717) is 11.3 Å². The molecule has 1 N–H and O–H groups in total. The van der Waals surface area contributed by atoms with Gasteiger partial charge >= 0.3 is 6.18 Å². The zero-order valence-corrected chi connectivity index (χ0v) is 12.1. The summed E-state index contributed by atoms with van der Waals surface area (Å²) in [5.74, 6) is -0.440. The molecule has 0 unspecified atom stereocenters. The second-order valence-electron chi connectivity index (χ2n) is 4.77. The van der Waals surface area contributed by atoms with Crippen molar-refractivity contribution in [2.75, 3.05) is 18.5 Å². The Kier molecular flexibility index (Phi) is 4.65. The predicted molar refractivity (Wildman–Crippen MR) is 73.4 cm³/mol. The number of nitrogens with one attached hydrogen (secondary N) is 1. The summed E-state index contributed by atoms with van der Waals surface area (Å²) in [5.41, 5.74) is 1.92. The Morgan fingerprint density at radius 3 is 2.86 bits per heavy atom. The van der Waals surface area contributed by atoms with E-state index in [1.54, 1.807) is 17.8 Å². The molecule has 9 heteroatoms. The fourth-order valence-corrected chi connectivity index (χ4v) is 1.95. The van der Waals surface area contributed by atoms with Gasteiger partial charge in [-0.15, -0.1) is 0 Å². The molecule has 0 radical (unpaired) electrons. The van der Waals surface area contributed by atoms with Gasteiger partial charge in [-0.3, -0.25) is 9.48 Å². The summed E-state index contributed by atoms with van der Waals surface area (Å²) in [6.45, 7) is 0.163. The molecule has 0 bridgehead atoms. The number of halogens is 3. The van der Waals surface area contributed by atoms with E-state index in [1.165, 1.54) is 6.20 Å². The van der Waals surface area contributed by atoms with Crippen molar-refractivity contribution in [1.82, 2.24) is 14.8 Å². The number of hydrogen-bond acceptors (Lipinski definition) is 4. The zero-order chi connectivity index (χ0) is 16.3. The van der Waals surface area contributed by atoms with Crippen LogP contribution in [0.15, 0.2) is 12.3 Å². The molecule has 0 saturated heterocycles. The Morgan fingerprint density at radius 1 is 1.45 bits per heavy atom. The highest BCUT2D eigenvalue weighted by molar-refractivity contribution is 5.93.